The molecule has 0 heterocycles. The molecule has 0 bridgehead atoms. The number of carbonyl (C=O) groups excluding carboxylic acids is 1. The van der Waals surface area contributed by atoms with Crippen LogP contribution < -0.4 is 11.1 Å². The summed E-state index contributed by atoms with van der Waals surface area (Å²) in [5.41, 5.74) is 7.98. The van der Waals surface area contributed by atoms with Crippen molar-refractivity contribution in [3.8, 4) is 0 Å². The van der Waals surface area contributed by atoms with Crippen LogP contribution in [-0.2, 0) is 4.74 Å². The number of hydrogen-bond acceptors (Lipinski definition) is 3. The number of nitrogens with one attached hydrogen (secondary N) is 1. The summed E-state index contributed by atoms with van der Waals surface area (Å²) >= 11 is 0. The van der Waals surface area contributed by atoms with Gasteiger partial charge in [0.05, 0.1) is 0 Å². The number of rotatable bonds is 3. The van der Waals surface area contributed by atoms with Crippen molar-refractivity contribution < 1.29 is 9.53 Å². The summed E-state index contributed by atoms with van der Waals surface area (Å²) < 4.78 is 5.22. The van der Waals surface area contributed by atoms with Crippen LogP contribution in [0.25, 0.3) is 10.8 Å². The minimum atomic E-state index is -0.509. The third-order valence-electron chi connectivity index (χ3n) is 3.44. The quantitative estimate of drug-likeness (QED) is 0.909. The van der Waals surface area contributed by atoms with Crippen molar-refractivity contribution in [3.05, 3.63) is 47.5 Å². The molecule has 4 nitrogen and oxygen atoms in total. The molecule has 4 heteroatoms. The highest BCUT2D eigenvalue weighted by Gasteiger charge is 2.17. The molecule has 1 unspecified atom stereocenters. The molecule has 0 aliphatic heterocycles. The topological polar surface area (TPSA) is 64.3 Å². The van der Waals surface area contributed by atoms with E-state index in [4.69, 9.17) is 10.5 Å². The summed E-state index contributed by atoms with van der Waals surface area (Å²) in [5, 5.41) is 5.04. The van der Waals surface area contributed by atoms with Gasteiger partial charge in [-0.15, -0.1) is 0 Å². The van der Waals surface area contributed by atoms with Crippen LogP contribution in [0.3, 0.4) is 0 Å². The number of fused-ring (bicyclic) bond motifs is 1. The number of hydrogen-bond donors (Lipinski definition) is 2. The van der Waals surface area contributed by atoms with Gasteiger partial charge in [-0.05, 0) is 49.6 Å². The van der Waals surface area contributed by atoms with Gasteiger partial charge in [-0.2, -0.15) is 0 Å². The number of nitrogens with two attached hydrogens (primary N) is 1. The molecule has 0 aliphatic rings. The van der Waals surface area contributed by atoms with Crippen molar-refractivity contribution in [2.75, 3.05) is 6.54 Å². The Balaban J connectivity index is 2.12. The second kappa shape index (κ2) is 6.36. The summed E-state index contributed by atoms with van der Waals surface area (Å²) in [6.45, 7) is 7.92. The molecule has 3 N–H and O–H groups in total. The standard InChI is InChI=1S/C18H24N2O2/c1-12-9-10-15(14-8-6-5-7-13(12)14)16(19)11-20-17(21)22-18(2,3)4/h5-10,16H,11,19H2,1-4H3,(H,20,21). The van der Waals surface area contributed by atoms with E-state index in [9.17, 15) is 4.79 Å². The van der Waals surface area contributed by atoms with Gasteiger partial charge in [0.15, 0.2) is 0 Å². The monoisotopic (exact) mass is 300 g/mol. The molecule has 0 aliphatic carbocycles. The Morgan fingerprint density at radius 1 is 1.18 bits per heavy atom. The normalized spacial score (nSPS) is 13.0. The fraction of sp³-hybridized carbons (Fsp3) is 0.389. The van der Waals surface area contributed by atoms with Gasteiger partial charge in [-0.3, -0.25) is 0 Å². The fourth-order valence-corrected chi connectivity index (χ4v) is 2.41. The largest absolute Gasteiger partial charge is 0.444 e. The highest BCUT2D eigenvalue weighted by Crippen LogP contribution is 2.25. The zero-order valence-electron chi connectivity index (χ0n) is 13.6. The lowest BCUT2D eigenvalue weighted by Gasteiger charge is -2.21. The predicted molar refractivity (Wildman–Crippen MR) is 89.9 cm³/mol. The van der Waals surface area contributed by atoms with Gasteiger partial charge in [0.2, 0.25) is 0 Å². The molecule has 1 amide bonds. The first-order valence-corrected chi connectivity index (χ1v) is 7.48. The lowest BCUT2D eigenvalue weighted by Crippen LogP contribution is -2.36. The van der Waals surface area contributed by atoms with Crippen LogP contribution in [0.1, 0.15) is 37.9 Å². The molecule has 2 rings (SSSR count). The van der Waals surface area contributed by atoms with Gasteiger partial charge >= 0.3 is 6.09 Å². The van der Waals surface area contributed by atoms with Crippen molar-refractivity contribution in [2.45, 2.75) is 39.3 Å². The molecule has 0 fully saturated rings. The minimum Gasteiger partial charge on any atom is -0.444 e. The van der Waals surface area contributed by atoms with Gasteiger partial charge in [-0.1, -0.05) is 36.4 Å². The van der Waals surface area contributed by atoms with E-state index in [1.165, 1.54) is 10.9 Å². The van der Waals surface area contributed by atoms with Gasteiger partial charge in [0.1, 0.15) is 5.60 Å². The highest BCUT2D eigenvalue weighted by atomic mass is 16.6. The number of carbonyl (C=O) groups is 1. The predicted octanol–water partition coefficient (Wildman–Crippen LogP) is 3.67. The maximum atomic E-state index is 11.7. The van der Waals surface area contributed by atoms with Crippen molar-refractivity contribution in [2.24, 2.45) is 5.73 Å². The van der Waals surface area contributed by atoms with E-state index in [1.54, 1.807) is 0 Å². The Bertz CT molecular complexity index is 674. The van der Waals surface area contributed by atoms with Gasteiger partial charge < -0.3 is 15.8 Å². The van der Waals surface area contributed by atoms with Crippen molar-refractivity contribution in [1.82, 2.24) is 5.32 Å². The minimum absolute atomic E-state index is 0.280. The number of amides is 1. The summed E-state index contributed by atoms with van der Waals surface area (Å²) in [5.74, 6) is 0. The second-order valence-corrected chi connectivity index (χ2v) is 6.51. The van der Waals surface area contributed by atoms with Crippen LogP contribution in [0, 0.1) is 6.92 Å². The van der Waals surface area contributed by atoms with Crippen LogP contribution in [0.5, 0.6) is 0 Å². The highest BCUT2D eigenvalue weighted by molar-refractivity contribution is 5.89. The van der Waals surface area contributed by atoms with Crippen molar-refractivity contribution >= 4 is 16.9 Å². The van der Waals surface area contributed by atoms with E-state index < -0.39 is 11.7 Å². The van der Waals surface area contributed by atoms with Gasteiger partial charge in [-0.25, -0.2) is 4.79 Å². The molecule has 118 valence electrons. The van der Waals surface area contributed by atoms with Gasteiger partial charge in [0, 0.05) is 12.6 Å². The first-order valence-electron chi connectivity index (χ1n) is 7.48. The number of benzene rings is 2. The first kappa shape index (κ1) is 16.3. The molecule has 0 aromatic heterocycles. The Morgan fingerprint density at radius 2 is 1.82 bits per heavy atom. The smallest absolute Gasteiger partial charge is 0.407 e. The van der Waals surface area contributed by atoms with Crippen molar-refractivity contribution in [3.63, 3.8) is 0 Å². The zero-order valence-corrected chi connectivity index (χ0v) is 13.6. The van der Waals surface area contributed by atoms with E-state index in [2.05, 4.69) is 30.4 Å². The second-order valence-electron chi connectivity index (χ2n) is 6.51. The maximum absolute atomic E-state index is 11.7. The number of aryl methyl sites for hydroxylation is 1. The SMILES string of the molecule is Cc1ccc(C(N)CNC(=O)OC(C)(C)C)c2ccccc12. The van der Waals surface area contributed by atoms with E-state index in [1.807, 2.05) is 39.0 Å². The Morgan fingerprint density at radius 3 is 2.45 bits per heavy atom. The molecule has 0 saturated heterocycles. The molecule has 1 atom stereocenters. The number of ether oxygens (including phenoxy) is 1. The average molecular weight is 300 g/mol. The summed E-state index contributed by atoms with van der Waals surface area (Å²) in [4.78, 5) is 11.7. The van der Waals surface area contributed by atoms with Crippen LogP contribution in [0.15, 0.2) is 36.4 Å². The number of alkyl carbamates (subject to hydrolysis) is 1. The van der Waals surface area contributed by atoms with E-state index in [0.29, 0.717) is 6.54 Å². The zero-order chi connectivity index (χ0) is 16.3. The van der Waals surface area contributed by atoms with Crippen LogP contribution >= 0.6 is 0 Å². The average Bonchev–Trinajstić information content (AvgIpc) is 2.44. The Hall–Kier alpha value is -2.07. The molecular formula is C18H24N2O2. The molecule has 22 heavy (non-hydrogen) atoms. The molecular weight excluding hydrogens is 276 g/mol. The molecule has 0 saturated carbocycles. The maximum Gasteiger partial charge on any atom is 0.407 e. The molecule has 0 spiro atoms. The third-order valence-corrected chi connectivity index (χ3v) is 3.44. The van der Waals surface area contributed by atoms with Crippen LogP contribution in [-0.4, -0.2) is 18.2 Å². The molecule has 2 aromatic carbocycles. The fourth-order valence-electron chi connectivity index (χ4n) is 2.41. The lowest BCUT2D eigenvalue weighted by atomic mass is 9.96. The Labute approximate surface area is 131 Å². The lowest BCUT2D eigenvalue weighted by molar-refractivity contribution is 0.0524. The summed E-state index contributed by atoms with van der Waals surface area (Å²) in [6.07, 6.45) is -0.445. The molecule has 0 radical (unpaired) electrons. The van der Waals surface area contributed by atoms with E-state index in [-0.39, 0.29) is 6.04 Å². The van der Waals surface area contributed by atoms with Gasteiger partial charge in [0.25, 0.3) is 0 Å². The summed E-state index contributed by atoms with van der Waals surface area (Å²) in [6, 6.07) is 12.0. The van der Waals surface area contributed by atoms with Crippen LogP contribution in [0.2, 0.25) is 0 Å². The third kappa shape index (κ3) is 3.98. The molecule has 2 aromatic rings. The Kier molecular flexibility index (Phi) is 4.71. The van der Waals surface area contributed by atoms with E-state index in [0.717, 1.165) is 10.9 Å². The van der Waals surface area contributed by atoms with E-state index >= 15 is 0 Å². The van der Waals surface area contributed by atoms with Crippen LogP contribution in [0.4, 0.5) is 4.79 Å². The first-order chi connectivity index (χ1) is 10.3. The van der Waals surface area contributed by atoms with Crippen molar-refractivity contribution in [1.29, 1.82) is 0 Å². The summed E-state index contributed by atoms with van der Waals surface area (Å²) in [7, 11) is 0.